The number of carbonyl (C=O) groups is 1. The third-order valence-electron chi connectivity index (χ3n) is 2.72. The molecule has 0 unspecified atom stereocenters. The number of nitrogens with zero attached hydrogens (tertiary/aromatic N) is 2. The highest BCUT2D eigenvalue weighted by Gasteiger charge is 2.17. The molecule has 15 heavy (non-hydrogen) atoms. The van der Waals surface area contributed by atoms with E-state index in [2.05, 4.69) is 4.98 Å². The van der Waals surface area contributed by atoms with Gasteiger partial charge in [-0.05, 0) is 12.8 Å². The Morgan fingerprint density at radius 2 is 2.27 bits per heavy atom. The molecule has 0 aliphatic carbocycles. The summed E-state index contributed by atoms with van der Waals surface area (Å²) in [5.41, 5.74) is 0.875. The fourth-order valence-electron chi connectivity index (χ4n) is 1.88. The minimum absolute atomic E-state index is 0.244. The molecular formula is C11H16N2O2. The second-order valence-corrected chi connectivity index (χ2v) is 3.95. The first-order chi connectivity index (χ1) is 7.25. The first kappa shape index (κ1) is 10.2. The molecule has 1 aliphatic rings. The average molecular weight is 208 g/mol. The van der Waals surface area contributed by atoms with E-state index in [4.69, 9.17) is 4.42 Å². The summed E-state index contributed by atoms with van der Waals surface area (Å²) in [4.78, 5) is 17.8. The molecule has 1 aliphatic heterocycles. The Hall–Kier alpha value is -1.32. The fraction of sp³-hybridized carbons (Fsp3) is 0.636. The Bertz CT molecular complexity index is 340. The van der Waals surface area contributed by atoms with Crippen LogP contribution in [0, 0.1) is 6.92 Å². The molecular weight excluding hydrogens is 192 g/mol. The number of amides is 1. The maximum atomic E-state index is 11.7. The summed E-state index contributed by atoms with van der Waals surface area (Å²) in [5.74, 6) is 0.909. The summed E-state index contributed by atoms with van der Waals surface area (Å²) in [7, 11) is 0. The van der Waals surface area contributed by atoms with Crippen LogP contribution in [0.5, 0.6) is 0 Å². The van der Waals surface area contributed by atoms with Crippen molar-refractivity contribution in [2.75, 3.05) is 13.1 Å². The van der Waals surface area contributed by atoms with Crippen molar-refractivity contribution >= 4 is 5.91 Å². The van der Waals surface area contributed by atoms with Gasteiger partial charge in [-0.3, -0.25) is 4.79 Å². The van der Waals surface area contributed by atoms with Crippen molar-refractivity contribution in [3.05, 3.63) is 17.8 Å². The third-order valence-corrected chi connectivity index (χ3v) is 2.72. The topological polar surface area (TPSA) is 46.3 Å². The van der Waals surface area contributed by atoms with E-state index in [1.165, 1.54) is 0 Å². The van der Waals surface area contributed by atoms with Gasteiger partial charge in [0.2, 0.25) is 5.91 Å². The molecule has 1 fully saturated rings. The SMILES string of the molecule is Cc1nc(CCC(=O)N2CCCC2)co1. The van der Waals surface area contributed by atoms with Crippen LogP contribution in [-0.4, -0.2) is 28.9 Å². The molecule has 0 spiro atoms. The largest absolute Gasteiger partial charge is 0.449 e. The minimum atomic E-state index is 0.244. The molecule has 2 heterocycles. The Labute approximate surface area is 89.3 Å². The van der Waals surface area contributed by atoms with Gasteiger partial charge in [0.05, 0.1) is 5.69 Å². The Morgan fingerprint density at radius 1 is 1.53 bits per heavy atom. The second-order valence-electron chi connectivity index (χ2n) is 3.95. The lowest BCUT2D eigenvalue weighted by atomic mass is 10.2. The number of likely N-dealkylation sites (tertiary alicyclic amines) is 1. The van der Waals surface area contributed by atoms with Crippen LogP contribution >= 0.6 is 0 Å². The maximum Gasteiger partial charge on any atom is 0.222 e. The number of carbonyl (C=O) groups excluding carboxylic acids is 1. The number of hydrogen-bond acceptors (Lipinski definition) is 3. The van der Waals surface area contributed by atoms with Crippen molar-refractivity contribution in [2.24, 2.45) is 0 Å². The van der Waals surface area contributed by atoms with Gasteiger partial charge in [0.1, 0.15) is 6.26 Å². The van der Waals surface area contributed by atoms with Crippen molar-refractivity contribution in [3.8, 4) is 0 Å². The zero-order valence-corrected chi connectivity index (χ0v) is 9.03. The van der Waals surface area contributed by atoms with Crippen molar-refractivity contribution in [1.82, 2.24) is 9.88 Å². The van der Waals surface area contributed by atoms with Gasteiger partial charge in [-0.15, -0.1) is 0 Å². The van der Waals surface area contributed by atoms with Crippen LogP contribution in [-0.2, 0) is 11.2 Å². The smallest absolute Gasteiger partial charge is 0.222 e. The van der Waals surface area contributed by atoms with E-state index >= 15 is 0 Å². The fourth-order valence-corrected chi connectivity index (χ4v) is 1.88. The molecule has 4 heteroatoms. The molecule has 0 bridgehead atoms. The average Bonchev–Trinajstić information content (AvgIpc) is 2.84. The van der Waals surface area contributed by atoms with Crippen LogP contribution in [0.4, 0.5) is 0 Å². The van der Waals surface area contributed by atoms with Gasteiger partial charge in [-0.25, -0.2) is 4.98 Å². The molecule has 0 atom stereocenters. The standard InChI is InChI=1S/C11H16N2O2/c1-9-12-10(8-15-9)4-5-11(14)13-6-2-3-7-13/h8H,2-7H2,1H3. The molecule has 1 aromatic rings. The van der Waals surface area contributed by atoms with Gasteiger partial charge >= 0.3 is 0 Å². The van der Waals surface area contributed by atoms with E-state index in [9.17, 15) is 4.79 Å². The van der Waals surface area contributed by atoms with Crippen molar-refractivity contribution in [3.63, 3.8) is 0 Å². The maximum absolute atomic E-state index is 11.7. The van der Waals surface area contributed by atoms with E-state index in [0.717, 1.165) is 31.6 Å². The predicted molar refractivity (Wildman–Crippen MR) is 55.4 cm³/mol. The third kappa shape index (κ3) is 2.58. The van der Waals surface area contributed by atoms with Gasteiger partial charge < -0.3 is 9.32 Å². The summed E-state index contributed by atoms with van der Waals surface area (Å²) < 4.78 is 5.09. The number of aromatic nitrogens is 1. The van der Waals surface area contributed by atoms with Crippen LogP contribution in [0.1, 0.15) is 30.8 Å². The number of rotatable bonds is 3. The Kier molecular flexibility index (Phi) is 3.04. The molecule has 0 radical (unpaired) electrons. The molecule has 0 N–H and O–H groups in total. The minimum Gasteiger partial charge on any atom is -0.449 e. The van der Waals surface area contributed by atoms with Crippen LogP contribution in [0.3, 0.4) is 0 Å². The molecule has 82 valence electrons. The highest BCUT2D eigenvalue weighted by Crippen LogP contribution is 2.11. The van der Waals surface area contributed by atoms with E-state index < -0.39 is 0 Å². The molecule has 4 nitrogen and oxygen atoms in total. The van der Waals surface area contributed by atoms with Crippen LogP contribution in [0.25, 0.3) is 0 Å². The molecule has 1 amide bonds. The summed E-state index contributed by atoms with van der Waals surface area (Å²) in [5, 5.41) is 0. The summed E-state index contributed by atoms with van der Waals surface area (Å²) in [6.07, 6.45) is 5.16. The lowest BCUT2D eigenvalue weighted by Crippen LogP contribution is -2.27. The molecule has 1 saturated heterocycles. The normalized spacial score (nSPS) is 15.9. The summed E-state index contributed by atoms with van der Waals surface area (Å²) in [6, 6.07) is 0. The van der Waals surface area contributed by atoms with E-state index in [1.807, 2.05) is 11.8 Å². The quantitative estimate of drug-likeness (QED) is 0.757. The molecule has 2 rings (SSSR count). The van der Waals surface area contributed by atoms with Crippen LogP contribution in [0.2, 0.25) is 0 Å². The Morgan fingerprint density at radius 3 is 2.87 bits per heavy atom. The predicted octanol–water partition coefficient (Wildman–Crippen LogP) is 1.54. The Balaban J connectivity index is 1.80. The van der Waals surface area contributed by atoms with Gasteiger partial charge in [0, 0.05) is 32.9 Å². The number of hydrogen-bond donors (Lipinski definition) is 0. The highest BCUT2D eigenvalue weighted by molar-refractivity contribution is 5.76. The van der Waals surface area contributed by atoms with Gasteiger partial charge in [-0.2, -0.15) is 0 Å². The molecule has 1 aromatic heterocycles. The van der Waals surface area contributed by atoms with Crippen molar-refractivity contribution in [1.29, 1.82) is 0 Å². The molecule has 0 saturated carbocycles. The van der Waals surface area contributed by atoms with Gasteiger partial charge in [0.15, 0.2) is 5.89 Å². The summed E-state index contributed by atoms with van der Waals surface area (Å²) >= 11 is 0. The van der Waals surface area contributed by atoms with Crippen molar-refractivity contribution < 1.29 is 9.21 Å². The van der Waals surface area contributed by atoms with Crippen LogP contribution in [0.15, 0.2) is 10.7 Å². The number of oxazole rings is 1. The van der Waals surface area contributed by atoms with E-state index in [0.29, 0.717) is 18.7 Å². The second kappa shape index (κ2) is 4.47. The lowest BCUT2D eigenvalue weighted by molar-refractivity contribution is -0.130. The lowest BCUT2D eigenvalue weighted by Gasteiger charge is -2.14. The van der Waals surface area contributed by atoms with Gasteiger partial charge in [0.25, 0.3) is 0 Å². The zero-order valence-electron chi connectivity index (χ0n) is 9.03. The monoisotopic (exact) mass is 208 g/mol. The first-order valence-corrected chi connectivity index (χ1v) is 5.44. The first-order valence-electron chi connectivity index (χ1n) is 5.44. The van der Waals surface area contributed by atoms with Crippen molar-refractivity contribution in [2.45, 2.75) is 32.6 Å². The van der Waals surface area contributed by atoms with E-state index in [-0.39, 0.29) is 5.91 Å². The zero-order chi connectivity index (χ0) is 10.7. The highest BCUT2D eigenvalue weighted by atomic mass is 16.3. The number of aryl methyl sites for hydroxylation is 2. The van der Waals surface area contributed by atoms with Crippen LogP contribution < -0.4 is 0 Å². The summed E-state index contributed by atoms with van der Waals surface area (Å²) in [6.45, 7) is 3.67. The van der Waals surface area contributed by atoms with Gasteiger partial charge in [-0.1, -0.05) is 0 Å². The molecule has 0 aromatic carbocycles. The van der Waals surface area contributed by atoms with E-state index in [1.54, 1.807) is 6.26 Å².